The Morgan fingerprint density at radius 1 is 1.43 bits per heavy atom. The highest BCUT2D eigenvalue weighted by molar-refractivity contribution is 9.10. The molecule has 0 bridgehead atoms. The fourth-order valence-electron chi connectivity index (χ4n) is 0.754. The summed E-state index contributed by atoms with van der Waals surface area (Å²) in [6, 6.07) is 0. The molecule has 0 spiro atoms. The van der Waals surface area contributed by atoms with Gasteiger partial charge in [-0.2, -0.15) is 13.2 Å². The van der Waals surface area contributed by atoms with Crippen molar-refractivity contribution in [2.45, 2.75) is 19.0 Å². The average Bonchev–Trinajstić information content (AvgIpc) is 2.06. The first kappa shape index (κ1) is 11.7. The second-order valence-electron chi connectivity index (χ2n) is 2.54. The highest BCUT2D eigenvalue weighted by atomic mass is 79.9. The minimum absolute atomic E-state index is 0.0931. The third kappa shape index (κ3) is 3.79. The van der Waals surface area contributed by atoms with Crippen molar-refractivity contribution in [1.82, 2.24) is 9.97 Å². The van der Waals surface area contributed by atoms with E-state index in [1.165, 1.54) is 6.20 Å². The SMILES string of the molecule is FC(F)(F)CCc1ncc(Br)c(Cl)n1. The van der Waals surface area contributed by atoms with E-state index >= 15 is 0 Å². The van der Waals surface area contributed by atoms with Crippen LogP contribution in [0.25, 0.3) is 0 Å². The second kappa shape index (κ2) is 4.44. The van der Waals surface area contributed by atoms with Crippen LogP contribution >= 0.6 is 27.5 Å². The summed E-state index contributed by atoms with van der Waals surface area (Å²) in [4.78, 5) is 7.38. The van der Waals surface area contributed by atoms with E-state index in [1.807, 2.05) is 0 Å². The molecule has 0 N–H and O–H groups in total. The van der Waals surface area contributed by atoms with E-state index in [1.54, 1.807) is 0 Å². The third-order valence-corrected chi connectivity index (χ3v) is 2.48. The van der Waals surface area contributed by atoms with Crippen molar-refractivity contribution in [2.75, 3.05) is 0 Å². The minimum Gasteiger partial charge on any atom is -0.240 e. The molecular formula is C7H5BrClF3N2. The molecular weight excluding hydrogens is 284 g/mol. The lowest BCUT2D eigenvalue weighted by molar-refractivity contribution is -0.134. The zero-order valence-electron chi connectivity index (χ0n) is 6.78. The van der Waals surface area contributed by atoms with Gasteiger partial charge >= 0.3 is 6.18 Å². The molecule has 0 aliphatic carbocycles. The van der Waals surface area contributed by atoms with Gasteiger partial charge in [-0.05, 0) is 15.9 Å². The molecule has 0 unspecified atom stereocenters. The summed E-state index contributed by atoms with van der Waals surface area (Å²) in [6.07, 6.45) is -4.05. The highest BCUT2D eigenvalue weighted by Crippen LogP contribution is 2.23. The van der Waals surface area contributed by atoms with Crippen molar-refractivity contribution >= 4 is 27.5 Å². The quantitative estimate of drug-likeness (QED) is 0.780. The van der Waals surface area contributed by atoms with Crippen molar-refractivity contribution in [3.05, 3.63) is 21.6 Å². The van der Waals surface area contributed by atoms with Gasteiger partial charge in [0.2, 0.25) is 0 Å². The van der Waals surface area contributed by atoms with Crippen LogP contribution in [0.1, 0.15) is 12.2 Å². The zero-order valence-corrected chi connectivity index (χ0v) is 9.12. The summed E-state index contributed by atoms with van der Waals surface area (Å²) < 4.78 is 35.9. The summed E-state index contributed by atoms with van der Waals surface area (Å²) >= 11 is 8.63. The number of hydrogen-bond donors (Lipinski definition) is 0. The van der Waals surface area contributed by atoms with E-state index in [-0.39, 0.29) is 17.4 Å². The first-order valence-electron chi connectivity index (χ1n) is 3.62. The second-order valence-corrected chi connectivity index (χ2v) is 3.75. The lowest BCUT2D eigenvalue weighted by Gasteiger charge is -2.05. The fourth-order valence-corrected chi connectivity index (χ4v) is 1.09. The topological polar surface area (TPSA) is 25.8 Å². The van der Waals surface area contributed by atoms with Gasteiger partial charge in [-0.1, -0.05) is 11.6 Å². The Morgan fingerprint density at radius 2 is 2.07 bits per heavy atom. The molecule has 0 aliphatic rings. The molecule has 2 nitrogen and oxygen atoms in total. The maximum absolute atomic E-state index is 11.8. The van der Waals surface area contributed by atoms with Crippen LogP contribution in [0.4, 0.5) is 13.2 Å². The molecule has 0 aliphatic heterocycles. The van der Waals surface area contributed by atoms with E-state index < -0.39 is 12.6 Å². The van der Waals surface area contributed by atoms with Crippen molar-refractivity contribution in [3.63, 3.8) is 0 Å². The highest BCUT2D eigenvalue weighted by Gasteiger charge is 2.27. The molecule has 78 valence electrons. The van der Waals surface area contributed by atoms with Crippen molar-refractivity contribution in [3.8, 4) is 0 Å². The zero-order chi connectivity index (χ0) is 10.8. The monoisotopic (exact) mass is 288 g/mol. The Morgan fingerprint density at radius 3 is 2.57 bits per heavy atom. The molecule has 1 aromatic heterocycles. The minimum atomic E-state index is -4.19. The van der Waals surface area contributed by atoms with E-state index in [2.05, 4.69) is 25.9 Å². The predicted octanol–water partition coefficient (Wildman–Crippen LogP) is 3.39. The van der Waals surface area contributed by atoms with Gasteiger partial charge < -0.3 is 0 Å². The molecule has 1 aromatic rings. The number of nitrogens with zero attached hydrogens (tertiary/aromatic N) is 2. The summed E-state index contributed by atoms with van der Waals surface area (Å²) in [7, 11) is 0. The first-order chi connectivity index (χ1) is 6.38. The first-order valence-corrected chi connectivity index (χ1v) is 4.79. The standard InChI is InChI=1S/C7H5BrClF3N2/c8-4-3-13-5(14-6(4)9)1-2-7(10,11)12/h3H,1-2H2. The molecule has 0 fully saturated rings. The summed E-state index contributed by atoms with van der Waals surface area (Å²) in [5.41, 5.74) is 0. The van der Waals surface area contributed by atoms with Gasteiger partial charge in [-0.25, -0.2) is 9.97 Å². The fraction of sp³-hybridized carbons (Fsp3) is 0.429. The number of rotatable bonds is 2. The van der Waals surface area contributed by atoms with Gasteiger partial charge in [0.15, 0.2) is 0 Å². The Hall–Kier alpha value is -0.360. The number of aromatic nitrogens is 2. The van der Waals surface area contributed by atoms with Crippen LogP contribution in [-0.4, -0.2) is 16.1 Å². The lowest BCUT2D eigenvalue weighted by atomic mass is 10.3. The Bertz CT molecular complexity index is 329. The van der Waals surface area contributed by atoms with E-state index in [4.69, 9.17) is 11.6 Å². The molecule has 0 amide bonds. The molecule has 7 heteroatoms. The maximum atomic E-state index is 11.8. The molecule has 14 heavy (non-hydrogen) atoms. The lowest BCUT2D eigenvalue weighted by Crippen LogP contribution is -2.10. The van der Waals surface area contributed by atoms with Crippen LogP contribution in [0.5, 0.6) is 0 Å². The van der Waals surface area contributed by atoms with E-state index in [9.17, 15) is 13.2 Å². The van der Waals surface area contributed by atoms with Gasteiger partial charge in [0, 0.05) is 12.6 Å². The third-order valence-electron chi connectivity index (χ3n) is 1.38. The summed E-state index contributed by atoms with van der Waals surface area (Å²) in [6.45, 7) is 0. The number of halogens is 5. The number of aryl methyl sites for hydroxylation is 1. The van der Waals surface area contributed by atoms with Crippen LogP contribution in [0.2, 0.25) is 5.15 Å². The van der Waals surface area contributed by atoms with Crippen LogP contribution in [0, 0.1) is 0 Å². The Balaban J connectivity index is 2.65. The average molecular weight is 289 g/mol. The van der Waals surface area contributed by atoms with Crippen LogP contribution in [0.15, 0.2) is 10.7 Å². The van der Waals surface area contributed by atoms with Crippen LogP contribution < -0.4 is 0 Å². The van der Waals surface area contributed by atoms with Gasteiger partial charge in [-0.3, -0.25) is 0 Å². The van der Waals surface area contributed by atoms with Crippen LogP contribution in [0.3, 0.4) is 0 Å². The molecule has 0 saturated carbocycles. The molecule has 1 heterocycles. The van der Waals surface area contributed by atoms with Crippen molar-refractivity contribution < 1.29 is 13.2 Å². The van der Waals surface area contributed by atoms with Crippen molar-refractivity contribution in [2.24, 2.45) is 0 Å². The smallest absolute Gasteiger partial charge is 0.240 e. The number of hydrogen-bond acceptors (Lipinski definition) is 2. The number of alkyl halides is 3. The molecule has 1 rings (SSSR count). The molecule has 0 atom stereocenters. The van der Waals surface area contributed by atoms with Crippen LogP contribution in [-0.2, 0) is 6.42 Å². The van der Waals surface area contributed by atoms with Crippen molar-refractivity contribution in [1.29, 1.82) is 0 Å². The van der Waals surface area contributed by atoms with E-state index in [0.29, 0.717) is 4.47 Å². The largest absolute Gasteiger partial charge is 0.389 e. The molecule has 0 saturated heterocycles. The van der Waals surface area contributed by atoms with Gasteiger partial charge in [-0.15, -0.1) is 0 Å². The molecule has 0 radical (unpaired) electrons. The van der Waals surface area contributed by atoms with Gasteiger partial charge in [0.1, 0.15) is 11.0 Å². The molecule has 0 aromatic carbocycles. The van der Waals surface area contributed by atoms with Gasteiger partial charge in [0.05, 0.1) is 10.9 Å². The Labute approximate surface area is 91.6 Å². The predicted molar refractivity (Wildman–Crippen MR) is 49.1 cm³/mol. The summed E-state index contributed by atoms with van der Waals surface area (Å²) in [5, 5.41) is 0.122. The van der Waals surface area contributed by atoms with E-state index in [0.717, 1.165) is 0 Å². The normalized spacial score (nSPS) is 11.8. The van der Waals surface area contributed by atoms with Gasteiger partial charge in [0.25, 0.3) is 0 Å². The Kier molecular flexibility index (Phi) is 3.71. The summed E-state index contributed by atoms with van der Waals surface area (Å²) in [5.74, 6) is 0.0931. The maximum Gasteiger partial charge on any atom is 0.389 e.